The number of rotatable bonds is 8. The highest BCUT2D eigenvalue weighted by atomic mass is 19.1. The zero-order valence-electron chi connectivity index (χ0n) is 18.5. The molecule has 0 fully saturated rings. The van der Waals surface area contributed by atoms with Crippen molar-refractivity contribution in [1.29, 1.82) is 0 Å². The molecule has 1 N–H and O–H groups in total. The summed E-state index contributed by atoms with van der Waals surface area (Å²) < 4.78 is 19.6. The van der Waals surface area contributed by atoms with Crippen LogP contribution in [0.25, 0.3) is 10.8 Å². The number of halogens is 1. The third-order valence-electron chi connectivity index (χ3n) is 5.20. The first kappa shape index (κ1) is 24.6. The van der Waals surface area contributed by atoms with E-state index in [1.165, 1.54) is 12.1 Å². The van der Waals surface area contributed by atoms with E-state index in [9.17, 15) is 34.2 Å². The molecule has 37 heavy (non-hydrogen) atoms. The van der Waals surface area contributed by atoms with Gasteiger partial charge in [-0.3, -0.25) is 25.0 Å². The maximum atomic E-state index is 14.6. The van der Waals surface area contributed by atoms with Gasteiger partial charge in [0.05, 0.1) is 26.5 Å². The second kappa shape index (κ2) is 9.99. The molecule has 0 amide bonds. The summed E-state index contributed by atoms with van der Waals surface area (Å²) in [5.74, 6) is -3.62. The fourth-order valence-electron chi connectivity index (χ4n) is 3.54. The van der Waals surface area contributed by atoms with Crippen molar-refractivity contribution in [1.82, 2.24) is 10.2 Å². The number of aromatic nitrogens is 2. The molecular weight excluding hydrogens is 493 g/mol. The van der Waals surface area contributed by atoms with Crippen LogP contribution in [0.1, 0.15) is 21.6 Å². The molecule has 1 aromatic heterocycles. The number of H-pyrrole nitrogens is 1. The Kier molecular flexibility index (Phi) is 6.64. The van der Waals surface area contributed by atoms with Crippen LogP contribution in [0.3, 0.4) is 0 Å². The van der Waals surface area contributed by atoms with Crippen LogP contribution in [-0.2, 0) is 6.42 Å². The van der Waals surface area contributed by atoms with E-state index in [1.54, 1.807) is 24.3 Å². The van der Waals surface area contributed by atoms with Gasteiger partial charge in [-0.1, -0.05) is 29.4 Å². The van der Waals surface area contributed by atoms with Gasteiger partial charge >= 0.3 is 17.3 Å². The minimum atomic E-state index is -1.31. The van der Waals surface area contributed by atoms with Crippen LogP contribution < -0.4 is 15.1 Å². The van der Waals surface area contributed by atoms with Crippen molar-refractivity contribution in [3.05, 3.63) is 108 Å². The van der Waals surface area contributed by atoms with Gasteiger partial charge in [-0.25, -0.2) is 14.3 Å². The molecule has 0 aliphatic carbocycles. The molecule has 0 radical (unpaired) electrons. The molecule has 1 heterocycles. The molecular formula is C23H14FN5O8. The maximum Gasteiger partial charge on any atom is 0.346 e. The van der Waals surface area contributed by atoms with E-state index in [2.05, 4.69) is 26.9 Å². The summed E-state index contributed by atoms with van der Waals surface area (Å²) in [4.78, 5) is 50.2. The highest BCUT2D eigenvalue weighted by molar-refractivity contribution is 5.92. The van der Waals surface area contributed by atoms with Crippen molar-refractivity contribution >= 4 is 34.8 Å². The van der Waals surface area contributed by atoms with E-state index in [0.29, 0.717) is 34.2 Å². The first-order valence-corrected chi connectivity index (χ1v) is 10.3. The summed E-state index contributed by atoms with van der Waals surface area (Å²) in [6, 6.07) is 11.5. The van der Waals surface area contributed by atoms with E-state index in [0.717, 1.165) is 6.07 Å². The third-order valence-corrected chi connectivity index (χ3v) is 5.20. The van der Waals surface area contributed by atoms with Crippen molar-refractivity contribution in [3.63, 3.8) is 0 Å². The van der Waals surface area contributed by atoms with Crippen molar-refractivity contribution in [2.75, 3.05) is 0 Å². The number of nitro benzene ring substituents is 2. The van der Waals surface area contributed by atoms with E-state index >= 15 is 0 Å². The van der Waals surface area contributed by atoms with Gasteiger partial charge in [0.2, 0.25) is 11.5 Å². The summed E-state index contributed by atoms with van der Waals surface area (Å²) in [7, 11) is 0. The summed E-state index contributed by atoms with van der Waals surface area (Å²) in [6.45, 7) is 3.02. The lowest BCUT2D eigenvalue weighted by Crippen LogP contribution is -2.13. The molecule has 0 aliphatic heterocycles. The zero-order valence-corrected chi connectivity index (χ0v) is 18.5. The van der Waals surface area contributed by atoms with Gasteiger partial charge in [-0.2, -0.15) is 5.10 Å². The van der Waals surface area contributed by atoms with Crippen molar-refractivity contribution in [3.8, 4) is 11.5 Å². The second-order valence-electron chi connectivity index (χ2n) is 7.45. The molecule has 0 atom stereocenters. The van der Waals surface area contributed by atoms with Crippen LogP contribution in [0.4, 0.5) is 15.8 Å². The van der Waals surface area contributed by atoms with Crippen molar-refractivity contribution < 1.29 is 28.6 Å². The Hall–Kier alpha value is -5.53. The number of fused-ring (bicyclic) bond motifs is 1. The molecule has 0 aliphatic rings. The molecule has 4 aromatic rings. The Morgan fingerprint density at radius 2 is 1.70 bits per heavy atom. The Morgan fingerprint density at radius 3 is 2.38 bits per heavy atom. The van der Waals surface area contributed by atoms with E-state index in [-0.39, 0.29) is 12.0 Å². The molecule has 0 bridgehead atoms. The number of ether oxygens (including phenoxy) is 1. The van der Waals surface area contributed by atoms with E-state index < -0.39 is 50.1 Å². The number of nitrogens with zero attached hydrogens (tertiary/aromatic N) is 4. The van der Waals surface area contributed by atoms with Crippen LogP contribution in [0, 0.1) is 26.0 Å². The topological polar surface area (TPSA) is 180 Å². The molecule has 4 rings (SSSR count). The Labute approximate surface area is 205 Å². The van der Waals surface area contributed by atoms with Gasteiger partial charge in [0.15, 0.2) is 0 Å². The standard InChI is InChI=1S/C23H14FN5O8/c1-25-37-21-11-20(18(28(32)33)10-19(21)29(34)35)36-23(31)15-8-12(6-7-16(15)24)9-17-13-4-2-3-5-14(13)22(30)27-26-17/h2-8,10-11H,1,9H2,(H,27,30). The first-order valence-electron chi connectivity index (χ1n) is 10.3. The molecule has 3 aromatic carbocycles. The molecule has 0 spiro atoms. The quantitative estimate of drug-likeness (QED) is 0.122. The van der Waals surface area contributed by atoms with Gasteiger partial charge in [0, 0.05) is 24.6 Å². The number of hydrogen-bond donors (Lipinski definition) is 1. The second-order valence-corrected chi connectivity index (χ2v) is 7.45. The summed E-state index contributed by atoms with van der Waals surface area (Å²) in [6.07, 6.45) is 0.0958. The Bertz CT molecular complexity index is 1650. The zero-order chi connectivity index (χ0) is 26.7. The summed E-state index contributed by atoms with van der Waals surface area (Å²) in [5, 5.41) is 33.1. The lowest BCUT2D eigenvalue weighted by atomic mass is 10.0. The Balaban J connectivity index is 1.70. The average Bonchev–Trinajstić information content (AvgIpc) is 2.87. The number of carbonyl (C=O) groups excluding carboxylic acids is 1. The highest BCUT2D eigenvalue weighted by Crippen LogP contribution is 2.39. The van der Waals surface area contributed by atoms with Crippen LogP contribution in [0.15, 0.2) is 64.5 Å². The van der Waals surface area contributed by atoms with Gasteiger partial charge in [0.1, 0.15) is 11.9 Å². The summed E-state index contributed by atoms with van der Waals surface area (Å²) in [5.41, 5.74) is -1.85. The Morgan fingerprint density at radius 1 is 1.03 bits per heavy atom. The lowest BCUT2D eigenvalue weighted by Gasteiger charge is -2.10. The minimum absolute atomic E-state index is 0.0958. The number of nitro groups is 2. The molecule has 14 heteroatoms. The number of carbonyl (C=O) groups is 1. The monoisotopic (exact) mass is 507 g/mol. The SMILES string of the molecule is C=NOc1cc(OC(=O)c2cc(Cc3n[nH]c(=O)c4ccccc34)ccc2F)c([N+](=O)[O-])cc1[N+](=O)[O-]. The number of aromatic amines is 1. The van der Waals surface area contributed by atoms with E-state index in [4.69, 9.17) is 4.74 Å². The number of esters is 1. The number of oxime groups is 1. The van der Waals surface area contributed by atoms with Crippen molar-refractivity contribution in [2.24, 2.45) is 5.16 Å². The number of benzene rings is 3. The minimum Gasteiger partial charge on any atom is -0.415 e. The van der Waals surface area contributed by atoms with Gasteiger partial charge < -0.3 is 9.57 Å². The normalized spacial score (nSPS) is 10.6. The predicted octanol–water partition coefficient (Wildman–Crippen LogP) is 3.68. The van der Waals surface area contributed by atoms with E-state index in [1.807, 2.05) is 0 Å². The largest absolute Gasteiger partial charge is 0.415 e. The molecule has 13 nitrogen and oxygen atoms in total. The van der Waals surface area contributed by atoms with Crippen molar-refractivity contribution in [2.45, 2.75) is 6.42 Å². The molecule has 186 valence electrons. The highest BCUT2D eigenvalue weighted by Gasteiger charge is 2.29. The van der Waals surface area contributed by atoms with Crippen LogP contribution in [-0.4, -0.2) is 32.7 Å². The third kappa shape index (κ3) is 4.97. The predicted molar refractivity (Wildman–Crippen MR) is 126 cm³/mol. The number of nitrogens with one attached hydrogen (secondary N) is 1. The molecule has 0 saturated carbocycles. The van der Waals surface area contributed by atoms with Crippen LogP contribution >= 0.6 is 0 Å². The summed E-state index contributed by atoms with van der Waals surface area (Å²) >= 11 is 0. The van der Waals surface area contributed by atoms with Crippen LogP contribution in [0.5, 0.6) is 11.5 Å². The average molecular weight is 507 g/mol. The van der Waals surface area contributed by atoms with Gasteiger partial charge in [0.25, 0.3) is 5.56 Å². The fourth-order valence-corrected chi connectivity index (χ4v) is 3.54. The van der Waals surface area contributed by atoms with Gasteiger partial charge in [-0.15, -0.1) is 0 Å². The number of hydrogen-bond acceptors (Lipinski definition) is 10. The van der Waals surface area contributed by atoms with Gasteiger partial charge in [-0.05, 0) is 23.8 Å². The lowest BCUT2D eigenvalue weighted by molar-refractivity contribution is -0.395. The maximum absolute atomic E-state index is 14.6. The van der Waals surface area contributed by atoms with Crippen LogP contribution in [0.2, 0.25) is 0 Å². The molecule has 0 saturated heterocycles. The molecule has 0 unspecified atom stereocenters. The smallest absolute Gasteiger partial charge is 0.346 e. The first-order chi connectivity index (χ1) is 17.7. The fraction of sp³-hybridized carbons (Fsp3) is 0.0435.